The number of aromatic nitrogens is 3. The third-order valence-electron chi connectivity index (χ3n) is 2.69. The molecule has 2 aromatic rings. The van der Waals surface area contributed by atoms with Gasteiger partial charge >= 0.3 is 0 Å². The first-order valence-electron chi connectivity index (χ1n) is 6.48. The Morgan fingerprint density at radius 2 is 2.29 bits per heavy atom. The maximum absolute atomic E-state index is 11.3. The number of nitrogens with zero attached hydrogens (tertiary/aromatic N) is 2. The van der Waals surface area contributed by atoms with Gasteiger partial charge in [-0.05, 0) is 19.9 Å². The smallest absolute Gasteiger partial charge is 0.243 e. The van der Waals surface area contributed by atoms with Crippen LogP contribution >= 0.6 is 0 Å². The van der Waals surface area contributed by atoms with Gasteiger partial charge in [0.05, 0.1) is 11.0 Å². The van der Waals surface area contributed by atoms with Gasteiger partial charge in [0.15, 0.2) is 0 Å². The molecular weight excluding hydrogens is 272 g/mol. The molecular formula is C14H18N4O3. The molecule has 0 unspecified atom stereocenters. The van der Waals surface area contributed by atoms with Gasteiger partial charge in [-0.15, -0.1) is 0 Å². The zero-order valence-corrected chi connectivity index (χ0v) is 12.2. The first-order valence-corrected chi connectivity index (χ1v) is 6.48. The van der Waals surface area contributed by atoms with Gasteiger partial charge in [-0.2, -0.15) is 0 Å². The number of fused-ring (bicyclic) bond motifs is 1. The second kappa shape index (κ2) is 5.92. The molecule has 0 aliphatic carbocycles. The second-order valence-electron chi connectivity index (χ2n) is 5.20. The molecule has 0 aliphatic rings. The number of hydrogen-bond donors (Lipinski definition) is 3. The minimum Gasteiger partial charge on any atom is -0.474 e. The number of hydrogen-bond acceptors (Lipinski definition) is 5. The number of carbonyl (C=O) groups is 1. The SMILES string of the molecule is CNC(=O)/C=C/c1c[nH]c2ncnc(OCC(C)(C)O)c12. The van der Waals surface area contributed by atoms with Gasteiger partial charge in [-0.25, -0.2) is 9.97 Å². The molecule has 3 N–H and O–H groups in total. The van der Waals surface area contributed by atoms with Gasteiger partial charge in [0, 0.05) is 24.9 Å². The van der Waals surface area contributed by atoms with Gasteiger partial charge in [0.25, 0.3) is 0 Å². The lowest BCUT2D eigenvalue weighted by molar-refractivity contribution is -0.115. The van der Waals surface area contributed by atoms with E-state index in [4.69, 9.17) is 4.74 Å². The standard InChI is InChI=1S/C14H18N4O3/c1-14(2,20)7-21-13-11-9(4-5-10(19)15-3)6-16-12(11)17-8-18-13/h4-6,8,20H,7H2,1-3H3,(H,15,19)(H,16,17,18)/b5-4+. The van der Waals surface area contributed by atoms with E-state index in [1.807, 2.05) is 0 Å². The number of carbonyl (C=O) groups excluding carboxylic acids is 1. The average molecular weight is 290 g/mol. The Kier molecular flexibility index (Phi) is 4.23. The number of nitrogens with one attached hydrogen (secondary N) is 2. The molecule has 2 aromatic heterocycles. The predicted octanol–water partition coefficient (Wildman–Crippen LogP) is 0.867. The van der Waals surface area contributed by atoms with E-state index in [2.05, 4.69) is 20.3 Å². The van der Waals surface area contributed by atoms with Crippen LogP contribution in [0.4, 0.5) is 0 Å². The van der Waals surface area contributed by atoms with E-state index in [-0.39, 0.29) is 12.5 Å². The largest absolute Gasteiger partial charge is 0.474 e. The van der Waals surface area contributed by atoms with Crippen LogP contribution in [0, 0.1) is 0 Å². The molecule has 0 saturated heterocycles. The molecule has 0 aliphatic heterocycles. The highest BCUT2D eigenvalue weighted by Gasteiger charge is 2.17. The fraction of sp³-hybridized carbons (Fsp3) is 0.357. The summed E-state index contributed by atoms with van der Waals surface area (Å²) < 4.78 is 5.56. The maximum atomic E-state index is 11.3. The number of likely N-dealkylation sites (N-methyl/N-ethyl adjacent to an activating group) is 1. The van der Waals surface area contributed by atoms with E-state index in [0.29, 0.717) is 16.9 Å². The first-order chi connectivity index (χ1) is 9.90. The van der Waals surface area contributed by atoms with Crippen molar-refractivity contribution in [2.24, 2.45) is 0 Å². The summed E-state index contributed by atoms with van der Waals surface area (Å²) in [6, 6.07) is 0. The lowest BCUT2D eigenvalue weighted by Gasteiger charge is -2.17. The molecule has 2 rings (SSSR count). The van der Waals surface area contributed by atoms with E-state index in [0.717, 1.165) is 5.56 Å². The Morgan fingerprint density at radius 1 is 1.52 bits per heavy atom. The van der Waals surface area contributed by atoms with Crippen LogP contribution in [-0.4, -0.2) is 45.2 Å². The highest BCUT2D eigenvalue weighted by atomic mass is 16.5. The number of amides is 1. The Balaban J connectivity index is 2.35. The van der Waals surface area contributed by atoms with Crippen molar-refractivity contribution in [2.75, 3.05) is 13.7 Å². The van der Waals surface area contributed by atoms with Crippen LogP contribution in [0.5, 0.6) is 5.88 Å². The van der Waals surface area contributed by atoms with Crippen molar-refractivity contribution in [3.63, 3.8) is 0 Å². The van der Waals surface area contributed by atoms with Gasteiger partial charge in [0.2, 0.25) is 11.8 Å². The molecule has 0 spiro atoms. The highest BCUT2D eigenvalue weighted by molar-refractivity contribution is 5.96. The molecule has 2 heterocycles. The van der Waals surface area contributed by atoms with Crippen molar-refractivity contribution >= 4 is 23.0 Å². The average Bonchev–Trinajstić information content (AvgIpc) is 2.85. The quantitative estimate of drug-likeness (QED) is 0.709. The first kappa shape index (κ1) is 15.0. The van der Waals surface area contributed by atoms with Crippen LogP contribution in [0.1, 0.15) is 19.4 Å². The number of aromatic amines is 1. The summed E-state index contributed by atoms with van der Waals surface area (Å²) in [5, 5.41) is 12.9. The molecule has 7 heteroatoms. The molecule has 21 heavy (non-hydrogen) atoms. The second-order valence-corrected chi connectivity index (χ2v) is 5.20. The highest BCUT2D eigenvalue weighted by Crippen LogP contribution is 2.26. The number of rotatable bonds is 5. The van der Waals surface area contributed by atoms with Gasteiger partial charge in [0.1, 0.15) is 18.6 Å². The van der Waals surface area contributed by atoms with E-state index >= 15 is 0 Å². The van der Waals surface area contributed by atoms with Crippen molar-refractivity contribution in [3.05, 3.63) is 24.2 Å². The maximum Gasteiger partial charge on any atom is 0.243 e. The Hall–Kier alpha value is -2.41. The minimum atomic E-state index is -0.967. The topological polar surface area (TPSA) is 100 Å². The van der Waals surface area contributed by atoms with Gasteiger partial charge < -0.3 is 20.1 Å². The van der Waals surface area contributed by atoms with Crippen molar-refractivity contribution in [1.29, 1.82) is 0 Å². The fourth-order valence-electron chi connectivity index (χ4n) is 1.69. The molecule has 0 radical (unpaired) electrons. The normalized spacial score (nSPS) is 12.0. The summed E-state index contributed by atoms with van der Waals surface area (Å²) in [5.41, 5.74) is 0.373. The van der Waals surface area contributed by atoms with Gasteiger partial charge in [-0.1, -0.05) is 0 Å². The number of ether oxygens (including phenoxy) is 1. The van der Waals surface area contributed by atoms with Crippen molar-refractivity contribution in [1.82, 2.24) is 20.3 Å². The van der Waals surface area contributed by atoms with E-state index in [1.165, 1.54) is 12.4 Å². The zero-order valence-electron chi connectivity index (χ0n) is 12.2. The number of aliphatic hydroxyl groups is 1. The van der Waals surface area contributed by atoms with Crippen LogP contribution in [-0.2, 0) is 4.79 Å². The Labute approximate surface area is 122 Å². The molecule has 0 bridgehead atoms. The molecule has 0 fully saturated rings. The van der Waals surface area contributed by atoms with E-state index in [9.17, 15) is 9.90 Å². The molecule has 7 nitrogen and oxygen atoms in total. The molecule has 1 amide bonds. The Bertz CT molecular complexity index is 670. The number of H-pyrrole nitrogens is 1. The van der Waals surface area contributed by atoms with Crippen LogP contribution in [0.25, 0.3) is 17.1 Å². The molecule has 0 aromatic carbocycles. The minimum absolute atomic E-state index is 0.100. The summed E-state index contributed by atoms with van der Waals surface area (Å²) in [4.78, 5) is 22.5. The van der Waals surface area contributed by atoms with Crippen LogP contribution in [0.3, 0.4) is 0 Å². The molecule has 0 saturated carbocycles. The van der Waals surface area contributed by atoms with Crippen LogP contribution < -0.4 is 10.1 Å². The van der Waals surface area contributed by atoms with E-state index in [1.54, 1.807) is 33.2 Å². The summed E-state index contributed by atoms with van der Waals surface area (Å²) >= 11 is 0. The predicted molar refractivity (Wildman–Crippen MR) is 78.8 cm³/mol. The third-order valence-corrected chi connectivity index (χ3v) is 2.69. The van der Waals surface area contributed by atoms with Crippen LogP contribution in [0.15, 0.2) is 18.6 Å². The molecule has 112 valence electrons. The zero-order chi connectivity index (χ0) is 15.5. The summed E-state index contributed by atoms with van der Waals surface area (Å²) in [5.74, 6) is 0.153. The Morgan fingerprint density at radius 3 is 2.95 bits per heavy atom. The van der Waals surface area contributed by atoms with Crippen LogP contribution in [0.2, 0.25) is 0 Å². The van der Waals surface area contributed by atoms with E-state index < -0.39 is 5.60 Å². The third kappa shape index (κ3) is 3.79. The summed E-state index contributed by atoms with van der Waals surface area (Å²) in [6.07, 6.45) is 6.16. The van der Waals surface area contributed by atoms with Crippen molar-refractivity contribution in [3.8, 4) is 5.88 Å². The lowest BCUT2D eigenvalue weighted by atomic mass is 10.2. The van der Waals surface area contributed by atoms with Gasteiger partial charge in [-0.3, -0.25) is 4.79 Å². The molecule has 0 atom stereocenters. The van der Waals surface area contributed by atoms with Crippen molar-refractivity contribution in [2.45, 2.75) is 19.4 Å². The fourth-order valence-corrected chi connectivity index (χ4v) is 1.69. The summed E-state index contributed by atoms with van der Waals surface area (Å²) in [6.45, 7) is 3.40. The monoisotopic (exact) mass is 290 g/mol. The lowest BCUT2D eigenvalue weighted by Crippen LogP contribution is -2.28. The summed E-state index contributed by atoms with van der Waals surface area (Å²) in [7, 11) is 1.56. The van der Waals surface area contributed by atoms with Crippen molar-refractivity contribution < 1.29 is 14.6 Å².